The first-order valence-electron chi connectivity index (χ1n) is 5.44. The molecule has 0 saturated heterocycles. The zero-order valence-electron chi connectivity index (χ0n) is 9.07. The third kappa shape index (κ3) is 4.18. The van der Waals surface area contributed by atoms with Crippen molar-refractivity contribution >= 4 is 10.0 Å². The summed E-state index contributed by atoms with van der Waals surface area (Å²) in [5, 5.41) is 8.55. The monoisotopic (exact) mass is 230 g/mol. The lowest BCUT2D eigenvalue weighted by Gasteiger charge is -2.27. The number of hydrogen-bond acceptors (Lipinski definition) is 3. The van der Waals surface area contributed by atoms with Crippen LogP contribution in [-0.4, -0.2) is 20.2 Å². The van der Waals surface area contributed by atoms with Gasteiger partial charge in [-0.2, -0.15) is 5.26 Å². The smallest absolute Gasteiger partial charge is 0.211 e. The predicted molar refractivity (Wildman–Crippen MR) is 58.6 cm³/mol. The largest absolute Gasteiger partial charge is 0.212 e. The first-order valence-corrected chi connectivity index (χ1v) is 7.09. The van der Waals surface area contributed by atoms with E-state index in [1.54, 1.807) is 6.92 Å². The minimum Gasteiger partial charge on any atom is -0.212 e. The van der Waals surface area contributed by atoms with Crippen LogP contribution >= 0.6 is 0 Å². The van der Waals surface area contributed by atoms with Gasteiger partial charge < -0.3 is 0 Å². The molecule has 1 aliphatic carbocycles. The second-order valence-corrected chi connectivity index (χ2v) is 6.14. The SMILES string of the molecule is CCS(=O)(=O)NC1CCC(CC#N)CC1. The van der Waals surface area contributed by atoms with Crippen LogP contribution in [0.2, 0.25) is 0 Å². The Morgan fingerprint density at radius 3 is 2.40 bits per heavy atom. The highest BCUT2D eigenvalue weighted by molar-refractivity contribution is 7.89. The van der Waals surface area contributed by atoms with Crippen molar-refractivity contribution < 1.29 is 8.42 Å². The zero-order valence-corrected chi connectivity index (χ0v) is 9.89. The molecule has 4 nitrogen and oxygen atoms in total. The quantitative estimate of drug-likeness (QED) is 0.793. The summed E-state index contributed by atoms with van der Waals surface area (Å²) in [7, 11) is -3.06. The molecule has 5 heteroatoms. The summed E-state index contributed by atoms with van der Waals surface area (Å²) in [5.41, 5.74) is 0. The fourth-order valence-electron chi connectivity index (χ4n) is 1.95. The summed E-state index contributed by atoms with van der Waals surface area (Å²) in [6, 6.07) is 2.26. The van der Waals surface area contributed by atoms with Crippen LogP contribution in [0.4, 0.5) is 0 Å². The van der Waals surface area contributed by atoms with E-state index in [1.165, 1.54) is 0 Å². The number of rotatable bonds is 4. The number of nitrogens with zero attached hydrogens (tertiary/aromatic N) is 1. The maximum absolute atomic E-state index is 11.3. The number of nitriles is 1. The van der Waals surface area contributed by atoms with E-state index in [0.29, 0.717) is 12.3 Å². The summed E-state index contributed by atoms with van der Waals surface area (Å²) in [4.78, 5) is 0. The molecule has 0 spiro atoms. The minimum atomic E-state index is -3.06. The molecule has 0 atom stereocenters. The van der Waals surface area contributed by atoms with E-state index >= 15 is 0 Å². The molecule has 1 rings (SSSR count). The van der Waals surface area contributed by atoms with Crippen LogP contribution < -0.4 is 4.72 Å². The first-order chi connectivity index (χ1) is 7.07. The molecule has 15 heavy (non-hydrogen) atoms. The summed E-state index contributed by atoms with van der Waals surface area (Å²) in [6.45, 7) is 1.64. The van der Waals surface area contributed by atoms with Crippen molar-refractivity contribution in [2.45, 2.75) is 45.1 Å². The van der Waals surface area contributed by atoms with E-state index < -0.39 is 10.0 Å². The molecule has 1 saturated carbocycles. The average Bonchev–Trinajstić information content (AvgIpc) is 2.21. The molecule has 0 heterocycles. The molecular formula is C10H18N2O2S. The van der Waals surface area contributed by atoms with Gasteiger partial charge in [0.1, 0.15) is 0 Å². The first kappa shape index (κ1) is 12.5. The van der Waals surface area contributed by atoms with Gasteiger partial charge in [0, 0.05) is 12.5 Å². The molecule has 0 aliphatic heterocycles. The fraction of sp³-hybridized carbons (Fsp3) is 0.900. The third-order valence-corrected chi connectivity index (χ3v) is 4.41. The Bertz CT molecular complexity index is 324. The lowest BCUT2D eigenvalue weighted by Crippen LogP contribution is -2.38. The van der Waals surface area contributed by atoms with Crippen molar-refractivity contribution in [2.24, 2.45) is 5.92 Å². The van der Waals surface area contributed by atoms with Crippen LogP contribution in [0.3, 0.4) is 0 Å². The molecule has 1 aliphatic rings. The molecule has 0 aromatic heterocycles. The van der Waals surface area contributed by atoms with Crippen LogP contribution in [0.1, 0.15) is 39.0 Å². The molecule has 0 radical (unpaired) electrons. The van der Waals surface area contributed by atoms with Crippen molar-refractivity contribution in [3.05, 3.63) is 0 Å². The maximum atomic E-state index is 11.3. The molecule has 1 fully saturated rings. The van der Waals surface area contributed by atoms with E-state index in [0.717, 1.165) is 25.7 Å². The van der Waals surface area contributed by atoms with Crippen molar-refractivity contribution in [3.8, 4) is 6.07 Å². The molecule has 0 aromatic carbocycles. The highest BCUT2D eigenvalue weighted by Crippen LogP contribution is 2.26. The lowest BCUT2D eigenvalue weighted by atomic mass is 9.85. The van der Waals surface area contributed by atoms with Gasteiger partial charge in [0.25, 0.3) is 0 Å². The summed E-state index contributed by atoms with van der Waals surface area (Å²) in [5.74, 6) is 0.614. The molecule has 0 amide bonds. The molecule has 86 valence electrons. The van der Waals surface area contributed by atoms with Gasteiger partial charge in [-0.15, -0.1) is 0 Å². The van der Waals surface area contributed by atoms with E-state index in [1.807, 2.05) is 0 Å². The predicted octanol–water partition coefficient (Wildman–Crippen LogP) is 1.40. The Labute approximate surface area is 91.7 Å². The van der Waals surface area contributed by atoms with Crippen molar-refractivity contribution in [2.75, 3.05) is 5.75 Å². The van der Waals surface area contributed by atoms with Gasteiger partial charge >= 0.3 is 0 Å². The van der Waals surface area contributed by atoms with Crippen molar-refractivity contribution in [1.29, 1.82) is 5.26 Å². The Morgan fingerprint density at radius 1 is 1.33 bits per heavy atom. The number of sulfonamides is 1. The average molecular weight is 230 g/mol. The van der Waals surface area contributed by atoms with Gasteiger partial charge in [0.2, 0.25) is 10.0 Å². The Morgan fingerprint density at radius 2 is 1.93 bits per heavy atom. The maximum Gasteiger partial charge on any atom is 0.211 e. The van der Waals surface area contributed by atoms with Gasteiger partial charge in [0.15, 0.2) is 0 Å². The van der Waals surface area contributed by atoms with Gasteiger partial charge in [-0.1, -0.05) is 0 Å². The zero-order chi connectivity index (χ0) is 11.3. The highest BCUT2D eigenvalue weighted by atomic mass is 32.2. The lowest BCUT2D eigenvalue weighted by molar-refractivity contribution is 0.317. The molecular weight excluding hydrogens is 212 g/mol. The molecule has 1 N–H and O–H groups in total. The Kier molecular flexibility index (Phi) is 4.55. The molecule has 0 unspecified atom stereocenters. The van der Waals surface area contributed by atoms with E-state index in [-0.39, 0.29) is 11.8 Å². The van der Waals surface area contributed by atoms with Crippen molar-refractivity contribution in [1.82, 2.24) is 4.72 Å². The summed E-state index contributed by atoms with van der Waals surface area (Å²) < 4.78 is 25.3. The minimum absolute atomic E-state index is 0.0879. The van der Waals surface area contributed by atoms with Crippen LogP contribution in [-0.2, 0) is 10.0 Å². The van der Waals surface area contributed by atoms with Crippen LogP contribution in [0, 0.1) is 17.2 Å². The van der Waals surface area contributed by atoms with E-state index in [4.69, 9.17) is 5.26 Å². The number of hydrogen-bond donors (Lipinski definition) is 1. The third-order valence-electron chi connectivity index (χ3n) is 2.95. The standard InChI is InChI=1S/C10H18N2O2S/c1-2-15(13,14)12-10-5-3-9(4-6-10)7-8-11/h9-10,12H,2-7H2,1H3. The van der Waals surface area contributed by atoms with Crippen LogP contribution in [0.15, 0.2) is 0 Å². The topological polar surface area (TPSA) is 70.0 Å². The second kappa shape index (κ2) is 5.47. The normalized spacial score (nSPS) is 27.2. The second-order valence-electron chi connectivity index (χ2n) is 4.10. The van der Waals surface area contributed by atoms with Crippen LogP contribution in [0.25, 0.3) is 0 Å². The van der Waals surface area contributed by atoms with Gasteiger partial charge in [-0.25, -0.2) is 13.1 Å². The van der Waals surface area contributed by atoms with Gasteiger partial charge in [-0.05, 0) is 38.5 Å². The fourth-order valence-corrected chi connectivity index (χ4v) is 2.86. The van der Waals surface area contributed by atoms with E-state index in [2.05, 4.69) is 10.8 Å². The molecule has 0 bridgehead atoms. The Balaban J connectivity index is 2.36. The summed E-state index contributed by atoms with van der Waals surface area (Å²) >= 11 is 0. The van der Waals surface area contributed by atoms with Crippen LogP contribution in [0.5, 0.6) is 0 Å². The molecule has 0 aromatic rings. The van der Waals surface area contributed by atoms with Crippen molar-refractivity contribution in [3.63, 3.8) is 0 Å². The van der Waals surface area contributed by atoms with Gasteiger partial charge in [-0.3, -0.25) is 0 Å². The van der Waals surface area contributed by atoms with E-state index in [9.17, 15) is 8.42 Å². The number of nitrogens with one attached hydrogen (secondary N) is 1. The van der Waals surface area contributed by atoms with Gasteiger partial charge in [0.05, 0.1) is 11.8 Å². The highest BCUT2D eigenvalue weighted by Gasteiger charge is 2.23. The Hall–Kier alpha value is -0.600. The summed E-state index contributed by atoms with van der Waals surface area (Å²) in [6.07, 6.45) is 4.26.